The molecule has 1 aromatic rings. The SMILES string of the molecule is CN(C)c1ccc(/C=N\N2C(=O)[C@H]3[C@H](C2=O)[C@@H]2C=C[C@@H]3CC2)cc1. The second kappa shape index (κ2) is 5.58. The normalized spacial score (nSPS) is 31.2. The van der Waals surface area contributed by atoms with Crippen molar-refractivity contribution in [3.8, 4) is 0 Å². The number of amides is 2. The monoisotopic (exact) mass is 323 g/mol. The van der Waals surface area contributed by atoms with E-state index in [4.69, 9.17) is 0 Å². The van der Waals surface area contributed by atoms with Crippen molar-refractivity contribution in [2.75, 3.05) is 19.0 Å². The highest BCUT2D eigenvalue weighted by Crippen LogP contribution is 2.49. The fraction of sp³-hybridized carbons (Fsp3) is 0.421. The zero-order valence-electron chi connectivity index (χ0n) is 13.9. The van der Waals surface area contributed by atoms with E-state index in [9.17, 15) is 9.59 Å². The Balaban J connectivity index is 1.55. The van der Waals surface area contributed by atoms with Gasteiger partial charge in [-0.25, -0.2) is 0 Å². The number of benzene rings is 1. The first-order valence-electron chi connectivity index (χ1n) is 8.44. The molecule has 4 atom stereocenters. The van der Waals surface area contributed by atoms with Crippen LogP contribution in [0.3, 0.4) is 0 Å². The van der Waals surface area contributed by atoms with E-state index in [1.165, 1.54) is 0 Å². The van der Waals surface area contributed by atoms with E-state index in [2.05, 4.69) is 17.3 Å². The molecule has 5 rings (SSSR count). The molecule has 0 radical (unpaired) electrons. The minimum absolute atomic E-state index is 0.134. The number of anilines is 1. The summed E-state index contributed by atoms with van der Waals surface area (Å²) in [6.07, 6.45) is 7.85. The number of hydrogen-bond donors (Lipinski definition) is 0. The molecule has 1 saturated carbocycles. The van der Waals surface area contributed by atoms with Crippen molar-refractivity contribution >= 4 is 23.7 Å². The summed E-state index contributed by atoms with van der Waals surface area (Å²) < 4.78 is 0. The van der Waals surface area contributed by atoms with Crippen molar-refractivity contribution in [3.05, 3.63) is 42.0 Å². The van der Waals surface area contributed by atoms with Gasteiger partial charge >= 0.3 is 0 Å². The van der Waals surface area contributed by atoms with E-state index in [0.717, 1.165) is 29.1 Å². The van der Waals surface area contributed by atoms with Crippen LogP contribution in [0.25, 0.3) is 0 Å². The lowest BCUT2D eigenvalue weighted by molar-refractivity contribution is -0.140. The molecule has 2 amide bonds. The van der Waals surface area contributed by atoms with Crippen molar-refractivity contribution in [2.24, 2.45) is 28.8 Å². The molecule has 0 unspecified atom stereocenters. The van der Waals surface area contributed by atoms with Gasteiger partial charge in [0, 0.05) is 19.8 Å². The molecule has 124 valence electrons. The Kier molecular flexibility index (Phi) is 3.52. The summed E-state index contributed by atoms with van der Waals surface area (Å²) >= 11 is 0. The van der Waals surface area contributed by atoms with Crippen LogP contribution in [0.15, 0.2) is 41.5 Å². The van der Waals surface area contributed by atoms with Crippen molar-refractivity contribution in [1.29, 1.82) is 0 Å². The van der Waals surface area contributed by atoms with Crippen LogP contribution in [0.4, 0.5) is 5.69 Å². The van der Waals surface area contributed by atoms with Gasteiger partial charge in [0.05, 0.1) is 18.1 Å². The molecule has 3 aliphatic carbocycles. The van der Waals surface area contributed by atoms with Crippen LogP contribution in [0.5, 0.6) is 0 Å². The number of imide groups is 1. The van der Waals surface area contributed by atoms with E-state index in [0.29, 0.717) is 0 Å². The van der Waals surface area contributed by atoms with Crippen LogP contribution < -0.4 is 4.90 Å². The van der Waals surface area contributed by atoms with Crippen LogP contribution in [-0.4, -0.2) is 37.1 Å². The van der Waals surface area contributed by atoms with Gasteiger partial charge in [-0.2, -0.15) is 10.1 Å². The number of allylic oxidation sites excluding steroid dienone is 2. The molecule has 1 saturated heterocycles. The third-order valence-electron chi connectivity index (χ3n) is 5.47. The molecule has 0 aromatic heterocycles. The first-order valence-corrected chi connectivity index (χ1v) is 8.44. The van der Waals surface area contributed by atoms with Crippen molar-refractivity contribution in [3.63, 3.8) is 0 Å². The summed E-state index contributed by atoms with van der Waals surface area (Å²) in [7, 11) is 3.96. The first kappa shape index (κ1) is 15.1. The van der Waals surface area contributed by atoms with E-state index in [1.54, 1.807) is 6.21 Å². The summed E-state index contributed by atoms with van der Waals surface area (Å²) in [6, 6.07) is 7.84. The summed E-state index contributed by atoms with van der Waals surface area (Å²) in [5.41, 5.74) is 1.96. The number of rotatable bonds is 3. The smallest absolute Gasteiger partial charge is 0.254 e. The van der Waals surface area contributed by atoms with Gasteiger partial charge in [0.15, 0.2) is 0 Å². The molecule has 2 bridgehead atoms. The van der Waals surface area contributed by atoms with Gasteiger partial charge in [0.25, 0.3) is 11.8 Å². The zero-order chi connectivity index (χ0) is 16.8. The average Bonchev–Trinajstić information content (AvgIpc) is 2.87. The van der Waals surface area contributed by atoms with Gasteiger partial charge in [0.1, 0.15) is 0 Å². The number of carbonyl (C=O) groups excluding carboxylic acids is 2. The largest absolute Gasteiger partial charge is 0.378 e. The highest BCUT2D eigenvalue weighted by atomic mass is 16.2. The Labute approximate surface area is 141 Å². The van der Waals surface area contributed by atoms with Crippen molar-refractivity contribution in [2.45, 2.75) is 12.8 Å². The quantitative estimate of drug-likeness (QED) is 0.487. The van der Waals surface area contributed by atoms with Crippen LogP contribution >= 0.6 is 0 Å². The Morgan fingerprint density at radius 3 is 2.00 bits per heavy atom. The fourth-order valence-corrected chi connectivity index (χ4v) is 4.16. The lowest BCUT2D eigenvalue weighted by Crippen LogP contribution is -2.38. The van der Waals surface area contributed by atoms with Crippen molar-refractivity contribution < 1.29 is 9.59 Å². The predicted molar refractivity (Wildman–Crippen MR) is 92.6 cm³/mol. The Bertz CT molecular complexity index is 703. The molecule has 5 nitrogen and oxygen atoms in total. The van der Waals surface area contributed by atoms with Crippen LogP contribution in [0, 0.1) is 23.7 Å². The fourth-order valence-electron chi connectivity index (χ4n) is 4.16. The topological polar surface area (TPSA) is 53.0 Å². The molecule has 0 N–H and O–H groups in total. The van der Waals surface area contributed by atoms with E-state index < -0.39 is 0 Å². The maximum Gasteiger partial charge on any atom is 0.254 e. The molecule has 2 fully saturated rings. The van der Waals surface area contributed by atoms with E-state index >= 15 is 0 Å². The number of fused-ring (bicyclic) bond motifs is 1. The van der Waals surface area contributed by atoms with Gasteiger partial charge in [0.2, 0.25) is 0 Å². The average molecular weight is 323 g/mol. The summed E-state index contributed by atoms with van der Waals surface area (Å²) in [5.74, 6) is -0.258. The molecule has 1 aliphatic heterocycles. The molecule has 4 aliphatic rings. The highest BCUT2D eigenvalue weighted by molar-refractivity contribution is 6.06. The number of hydrazone groups is 1. The van der Waals surface area contributed by atoms with Gasteiger partial charge in [-0.1, -0.05) is 24.3 Å². The second-order valence-corrected chi connectivity index (χ2v) is 7.06. The van der Waals surface area contributed by atoms with Crippen LogP contribution in [0.1, 0.15) is 18.4 Å². The number of carbonyl (C=O) groups is 2. The highest BCUT2D eigenvalue weighted by Gasteiger charge is 2.56. The Hall–Kier alpha value is -2.43. The predicted octanol–water partition coefficient (Wildman–Crippen LogP) is 2.28. The molecular weight excluding hydrogens is 302 g/mol. The minimum atomic E-state index is -0.200. The van der Waals surface area contributed by atoms with Gasteiger partial charge in [-0.3, -0.25) is 9.59 Å². The molecule has 1 heterocycles. The molecule has 1 aromatic carbocycles. The van der Waals surface area contributed by atoms with Crippen LogP contribution in [-0.2, 0) is 9.59 Å². The third kappa shape index (κ3) is 2.27. The molecular formula is C19H21N3O2. The van der Waals surface area contributed by atoms with Gasteiger partial charge < -0.3 is 4.90 Å². The lowest BCUT2D eigenvalue weighted by atomic mass is 9.63. The van der Waals surface area contributed by atoms with Crippen LogP contribution in [0.2, 0.25) is 0 Å². The Morgan fingerprint density at radius 2 is 1.54 bits per heavy atom. The summed E-state index contributed by atoms with van der Waals surface area (Å²) in [4.78, 5) is 27.3. The standard InChI is InChI=1S/C19H21N3O2/c1-21(2)15-9-3-12(4-10-15)11-20-22-18(23)16-13-5-6-14(8-7-13)17(16)19(22)24/h3-6,9-11,13-14,16-17H,7-8H2,1-2H3/b20-11-/t13-,14-,16-,17-/m1/s1. The maximum absolute atomic E-state index is 12.7. The lowest BCUT2D eigenvalue weighted by Gasteiger charge is -2.37. The molecule has 5 heteroatoms. The Morgan fingerprint density at radius 1 is 1.00 bits per heavy atom. The maximum atomic E-state index is 12.7. The van der Waals surface area contributed by atoms with Gasteiger partial charge in [-0.15, -0.1) is 0 Å². The number of hydrogen-bond acceptors (Lipinski definition) is 4. The van der Waals surface area contributed by atoms with Crippen molar-refractivity contribution in [1.82, 2.24) is 5.01 Å². The van der Waals surface area contributed by atoms with E-state index in [1.807, 2.05) is 43.3 Å². The first-order chi connectivity index (χ1) is 11.6. The third-order valence-corrected chi connectivity index (χ3v) is 5.47. The minimum Gasteiger partial charge on any atom is -0.378 e. The molecule has 24 heavy (non-hydrogen) atoms. The summed E-state index contributed by atoms with van der Waals surface area (Å²) in [5, 5.41) is 5.32. The number of nitrogens with zero attached hydrogens (tertiary/aromatic N) is 3. The second-order valence-electron chi connectivity index (χ2n) is 7.06. The molecule has 0 spiro atoms. The summed E-state index contributed by atoms with van der Waals surface area (Å²) in [6.45, 7) is 0. The van der Waals surface area contributed by atoms with Gasteiger partial charge in [-0.05, 0) is 42.4 Å². The van der Waals surface area contributed by atoms with E-state index in [-0.39, 0.29) is 35.5 Å². The zero-order valence-corrected chi connectivity index (χ0v) is 13.9.